The van der Waals surface area contributed by atoms with Gasteiger partial charge in [-0.25, -0.2) is 0 Å². The van der Waals surface area contributed by atoms with Crippen molar-refractivity contribution < 1.29 is 14.7 Å². The van der Waals surface area contributed by atoms with Gasteiger partial charge < -0.3 is 10.8 Å². The zero-order valence-electron chi connectivity index (χ0n) is 16.4. The van der Waals surface area contributed by atoms with Gasteiger partial charge in [0.1, 0.15) is 6.04 Å². The number of hydrogen-bond donors (Lipinski definition) is 2. The van der Waals surface area contributed by atoms with Gasteiger partial charge in [0.2, 0.25) is 5.91 Å². The maximum atomic E-state index is 10.5. The van der Waals surface area contributed by atoms with Crippen LogP contribution in [0.1, 0.15) is 90.9 Å². The van der Waals surface area contributed by atoms with Crippen LogP contribution in [-0.4, -0.2) is 42.0 Å². The Morgan fingerprint density at radius 2 is 1.33 bits per heavy atom. The van der Waals surface area contributed by atoms with E-state index in [1.807, 2.05) is 6.92 Å². The van der Waals surface area contributed by atoms with Crippen molar-refractivity contribution in [3.05, 3.63) is 0 Å². The maximum Gasteiger partial charge on any atom is 0.320 e. The van der Waals surface area contributed by atoms with Crippen molar-refractivity contribution in [2.24, 2.45) is 5.73 Å². The molecule has 0 rings (SSSR count). The lowest BCUT2D eigenvalue weighted by atomic mass is 10.1. The summed E-state index contributed by atoms with van der Waals surface area (Å²) in [6.07, 6.45) is 13.7. The number of aliphatic carboxylic acids is 1. The molecule has 5 nitrogen and oxygen atoms in total. The van der Waals surface area contributed by atoms with E-state index in [9.17, 15) is 9.59 Å². The number of carboxylic acid groups (broad SMARTS) is 1. The number of amides is 1. The van der Waals surface area contributed by atoms with Gasteiger partial charge in [-0.15, -0.1) is 0 Å². The quantitative estimate of drug-likeness (QED) is 0.463. The molecule has 3 N–H and O–H groups in total. The number of unbranched alkanes of at least 4 members (excludes halogenated alkanes) is 8. The van der Waals surface area contributed by atoms with Crippen LogP contribution in [0.25, 0.3) is 0 Å². The van der Waals surface area contributed by atoms with Gasteiger partial charge >= 0.3 is 5.97 Å². The number of nitrogens with zero attached hydrogens (tertiary/aromatic N) is 1. The normalized spacial score (nSPS) is 11.7. The number of nitrogens with two attached hydrogens (primary N) is 1. The van der Waals surface area contributed by atoms with E-state index in [4.69, 9.17) is 10.8 Å². The molecule has 24 heavy (non-hydrogen) atoms. The van der Waals surface area contributed by atoms with E-state index in [2.05, 4.69) is 6.92 Å². The first kappa shape index (κ1) is 25.1. The van der Waals surface area contributed by atoms with Gasteiger partial charge in [-0.05, 0) is 26.9 Å². The molecule has 1 atom stereocenters. The van der Waals surface area contributed by atoms with Crippen LogP contribution in [0.4, 0.5) is 0 Å². The fraction of sp³-hybridized carbons (Fsp3) is 0.895. The van der Waals surface area contributed by atoms with E-state index in [0.717, 1.165) is 25.7 Å². The summed E-state index contributed by atoms with van der Waals surface area (Å²) in [5.41, 5.74) is 5.05. The molecule has 1 amide bonds. The van der Waals surface area contributed by atoms with Crippen LogP contribution in [0, 0.1) is 0 Å². The predicted octanol–water partition coefficient (Wildman–Crippen LogP) is 4.19. The van der Waals surface area contributed by atoms with Crippen molar-refractivity contribution in [1.29, 1.82) is 0 Å². The van der Waals surface area contributed by atoms with Gasteiger partial charge in [0, 0.05) is 6.42 Å². The van der Waals surface area contributed by atoms with Gasteiger partial charge in [0.25, 0.3) is 0 Å². The summed E-state index contributed by atoms with van der Waals surface area (Å²) < 4.78 is 0. The summed E-state index contributed by atoms with van der Waals surface area (Å²) in [4.78, 5) is 22.6. The Labute approximate surface area is 149 Å². The predicted molar refractivity (Wildman–Crippen MR) is 101 cm³/mol. The molecular formula is C19H40N2O3. The number of rotatable bonds is 14. The van der Waals surface area contributed by atoms with Crippen molar-refractivity contribution in [2.45, 2.75) is 96.9 Å². The lowest BCUT2D eigenvalue weighted by Crippen LogP contribution is -2.35. The van der Waals surface area contributed by atoms with Crippen LogP contribution in [0.5, 0.6) is 0 Å². The van der Waals surface area contributed by atoms with Crippen LogP contribution in [0.2, 0.25) is 0 Å². The van der Waals surface area contributed by atoms with E-state index >= 15 is 0 Å². The second kappa shape index (κ2) is 18.2. The average molecular weight is 345 g/mol. The molecule has 0 radical (unpaired) electrons. The highest BCUT2D eigenvalue weighted by Gasteiger charge is 2.17. The third-order valence-corrected chi connectivity index (χ3v) is 4.00. The van der Waals surface area contributed by atoms with Gasteiger partial charge in [-0.1, -0.05) is 71.6 Å². The fourth-order valence-corrected chi connectivity index (χ4v) is 2.49. The lowest BCUT2D eigenvalue weighted by molar-refractivity contribution is -0.142. The topological polar surface area (TPSA) is 83.6 Å². The standard InChI is InChI=1S/C12H25NO.C7H15NO2/c1-2-3-4-5-6-7-8-9-10-11-12(13)14;1-4-5-6(7(9)10)8(2)3/h2-11H2,1H3,(H2,13,14);6H,4-5H2,1-3H3,(H,9,10). The minimum atomic E-state index is -0.730. The molecule has 1 unspecified atom stereocenters. The largest absolute Gasteiger partial charge is 0.480 e. The summed E-state index contributed by atoms with van der Waals surface area (Å²) in [6.45, 7) is 4.23. The number of hydrogen-bond acceptors (Lipinski definition) is 3. The number of carboxylic acids is 1. The molecule has 0 aliphatic rings. The second-order valence-corrected chi connectivity index (χ2v) is 6.65. The van der Waals surface area contributed by atoms with E-state index in [1.165, 1.54) is 44.9 Å². The zero-order chi connectivity index (χ0) is 18.8. The lowest BCUT2D eigenvalue weighted by Gasteiger charge is -2.18. The Bertz CT molecular complexity index is 307. The molecule has 0 bridgehead atoms. The van der Waals surface area contributed by atoms with Gasteiger partial charge in [0.05, 0.1) is 0 Å². The van der Waals surface area contributed by atoms with Gasteiger partial charge in [-0.2, -0.15) is 0 Å². The molecule has 5 heteroatoms. The fourth-order valence-electron chi connectivity index (χ4n) is 2.49. The maximum absolute atomic E-state index is 10.5. The average Bonchev–Trinajstić information content (AvgIpc) is 2.50. The number of carbonyl (C=O) groups excluding carboxylic acids is 1. The Hall–Kier alpha value is -1.10. The van der Waals surface area contributed by atoms with E-state index in [-0.39, 0.29) is 11.9 Å². The van der Waals surface area contributed by atoms with Crippen LogP contribution in [0.15, 0.2) is 0 Å². The SMILES string of the molecule is CCCC(C(=O)O)N(C)C.CCCCCCCCCCCC(N)=O. The van der Waals surface area contributed by atoms with Crippen LogP contribution >= 0.6 is 0 Å². The van der Waals surface area contributed by atoms with Crippen molar-refractivity contribution in [2.75, 3.05) is 14.1 Å². The molecule has 144 valence electrons. The monoisotopic (exact) mass is 344 g/mol. The summed E-state index contributed by atoms with van der Waals surface area (Å²) in [6, 6.07) is -0.315. The summed E-state index contributed by atoms with van der Waals surface area (Å²) in [5.74, 6) is -0.889. The Morgan fingerprint density at radius 1 is 0.875 bits per heavy atom. The molecule has 0 aliphatic carbocycles. The molecule has 0 aromatic rings. The highest BCUT2D eigenvalue weighted by atomic mass is 16.4. The molecule has 0 heterocycles. The van der Waals surface area contributed by atoms with Crippen molar-refractivity contribution >= 4 is 11.9 Å². The van der Waals surface area contributed by atoms with Gasteiger partial charge in [0.15, 0.2) is 0 Å². The Kier molecular flexibility index (Phi) is 19.1. The van der Waals surface area contributed by atoms with Crippen LogP contribution < -0.4 is 5.73 Å². The molecule has 0 spiro atoms. The number of primary amides is 1. The molecule has 0 aliphatic heterocycles. The Balaban J connectivity index is 0. The van der Waals surface area contributed by atoms with Gasteiger partial charge in [-0.3, -0.25) is 14.5 Å². The summed E-state index contributed by atoms with van der Waals surface area (Å²) in [5, 5.41) is 8.63. The van der Waals surface area contributed by atoms with E-state index in [0.29, 0.717) is 6.42 Å². The molecule has 0 aromatic carbocycles. The van der Waals surface area contributed by atoms with E-state index < -0.39 is 5.97 Å². The van der Waals surface area contributed by atoms with Crippen molar-refractivity contribution in [3.63, 3.8) is 0 Å². The third-order valence-electron chi connectivity index (χ3n) is 4.00. The number of carbonyl (C=O) groups is 2. The molecular weight excluding hydrogens is 304 g/mol. The minimum Gasteiger partial charge on any atom is -0.480 e. The highest BCUT2D eigenvalue weighted by Crippen LogP contribution is 2.10. The summed E-state index contributed by atoms with van der Waals surface area (Å²) >= 11 is 0. The zero-order valence-corrected chi connectivity index (χ0v) is 16.4. The van der Waals surface area contributed by atoms with Crippen molar-refractivity contribution in [3.8, 4) is 0 Å². The highest BCUT2D eigenvalue weighted by molar-refractivity contribution is 5.73. The van der Waals surface area contributed by atoms with Crippen molar-refractivity contribution in [1.82, 2.24) is 4.90 Å². The molecule has 0 saturated heterocycles. The third kappa shape index (κ3) is 18.9. The first-order chi connectivity index (χ1) is 11.4. The number of likely N-dealkylation sites (N-methyl/N-ethyl adjacent to an activating group) is 1. The molecule has 0 fully saturated rings. The van der Waals surface area contributed by atoms with Crippen LogP contribution in [0.3, 0.4) is 0 Å². The molecule has 0 aromatic heterocycles. The smallest absolute Gasteiger partial charge is 0.320 e. The second-order valence-electron chi connectivity index (χ2n) is 6.65. The Morgan fingerprint density at radius 3 is 1.62 bits per heavy atom. The summed E-state index contributed by atoms with van der Waals surface area (Å²) in [7, 11) is 3.57. The van der Waals surface area contributed by atoms with Crippen LogP contribution in [-0.2, 0) is 9.59 Å². The first-order valence-corrected chi connectivity index (χ1v) is 9.54. The minimum absolute atomic E-state index is 0.159. The van der Waals surface area contributed by atoms with E-state index in [1.54, 1.807) is 19.0 Å². The molecule has 0 saturated carbocycles. The first-order valence-electron chi connectivity index (χ1n) is 9.54.